The van der Waals surface area contributed by atoms with Crippen LogP contribution in [0.2, 0.25) is 0 Å². The van der Waals surface area contributed by atoms with Crippen LogP contribution in [0, 0.1) is 0 Å². The molecule has 0 aromatic heterocycles. The van der Waals surface area contributed by atoms with Crippen molar-refractivity contribution < 1.29 is 4.79 Å². The van der Waals surface area contributed by atoms with Gasteiger partial charge in [-0.1, -0.05) is 46.3 Å². The Morgan fingerprint density at radius 2 is 1.75 bits per heavy atom. The molecule has 0 spiro atoms. The van der Waals surface area contributed by atoms with E-state index in [4.69, 9.17) is 0 Å². The van der Waals surface area contributed by atoms with Crippen LogP contribution in [0.3, 0.4) is 0 Å². The normalized spacial score (nSPS) is 13.8. The van der Waals surface area contributed by atoms with Gasteiger partial charge in [0.15, 0.2) is 5.78 Å². The van der Waals surface area contributed by atoms with Gasteiger partial charge in [0.05, 0.1) is 0 Å². The summed E-state index contributed by atoms with van der Waals surface area (Å²) < 4.78 is 1.01. The van der Waals surface area contributed by atoms with Crippen molar-refractivity contribution in [3.8, 4) is 0 Å². The number of ketones is 1. The fraction of sp³-hybridized carbons (Fsp3) is 0.278. The van der Waals surface area contributed by atoms with E-state index in [2.05, 4.69) is 28.1 Å². The van der Waals surface area contributed by atoms with Crippen molar-refractivity contribution in [1.29, 1.82) is 0 Å². The van der Waals surface area contributed by atoms with Gasteiger partial charge >= 0.3 is 0 Å². The highest BCUT2D eigenvalue weighted by molar-refractivity contribution is 9.10. The first-order chi connectivity index (χ1) is 9.74. The molecule has 0 unspecified atom stereocenters. The molecule has 102 valence electrons. The summed E-state index contributed by atoms with van der Waals surface area (Å²) in [6.45, 7) is 0. The lowest BCUT2D eigenvalue weighted by atomic mass is 9.89. The van der Waals surface area contributed by atoms with E-state index in [1.165, 1.54) is 24.0 Å². The number of fused-ring (bicyclic) bond motifs is 1. The van der Waals surface area contributed by atoms with Crippen LogP contribution in [-0.4, -0.2) is 5.78 Å². The summed E-state index contributed by atoms with van der Waals surface area (Å²) in [4.78, 5) is 12.4. The molecule has 3 rings (SSSR count). The molecule has 0 saturated heterocycles. The first kappa shape index (κ1) is 13.6. The van der Waals surface area contributed by atoms with Crippen LogP contribution in [0.4, 0.5) is 0 Å². The maximum Gasteiger partial charge on any atom is 0.167 e. The molecule has 2 heteroatoms. The topological polar surface area (TPSA) is 17.1 Å². The Hall–Kier alpha value is -1.41. The highest BCUT2D eigenvalue weighted by Crippen LogP contribution is 2.24. The van der Waals surface area contributed by atoms with Gasteiger partial charge in [0.25, 0.3) is 0 Å². The first-order valence-corrected chi connectivity index (χ1v) is 7.92. The fourth-order valence-electron chi connectivity index (χ4n) is 2.82. The molecule has 0 saturated carbocycles. The summed E-state index contributed by atoms with van der Waals surface area (Å²) in [6.07, 6.45) is 5.26. The zero-order valence-electron chi connectivity index (χ0n) is 11.4. The van der Waals surface area contributed by atoms with Crippen LogP contribution in [0.25, 0.3) is 0 Å². The first-order valence-electron chi connectivity index (χ1n) is 7.12. The molecular weight excluding hydrogens is 312 g/mol. The second-order valence-electron chi connectivity index (χ2n) is 5.38. The Balaban J connectivity index is 1.82. The van der Waals surface area contributed by atoms with E-state index in [9.17, 15) is 4.79 Å². The SMILES string of the molecule is O=C(Cc1ccccc1Br)c1ccc2c(c1)CCCC2. The minimum Gasteiger partial charge on any atom is -0.294 e. The van der Waals surface area contributed by atoms with Gasteiger partial charge in [-0.3, -0.25) is 4.79 Å². The van der Waals surface area contributed by atoms with Crippen LogP contribution < -0.4 is 0 Å². The Morgan fingerprint density at radius 1 is 1.00 bits per heavy atom. The van der Waals surface area contributed by atoms with Gasteiger partial charge in [-0.25, -0.2) is 0 Å². The van der Waals surface area contributed by atoms with E-state index in [-0.39, 0.29) is 5.78 Å². The minimum atomic E-state index is 0.199. The molecule has 0 atom stereocenters. The lowest BCUT2D eigenvalue weighted by Crippen LogP contribution is -2.08. The van der Waals surface area contributed by atoms with Crippen LogP contribution >= 0.6 is 15.9 Å². The largest absolute Gasteiger partial charge is 0.294 e. The maximum absolute atomic E-state index is 12.4. The molecule has 1 aliphatic carbocycles. The summed E-state index contributed by atoms with van der Waals surface area (Å²) in [7, 11) is 0. The molecule has 0 fully saturated rings. The van der Waals surface area contributed by atoms with E-state index >= 15 is 0 Å². The second kappa shape index (κ2) is 5.92. The third-order valence-electron chi connectivity index (χ3n) is 3.98. The van der Waals surface area contributed by atoms with Crippen LogP contribution in [0.1, 0.15) is 39.9 Å². The van der Waals surface area contributed by atoms with Gasteiger partial charge < -0.3 is 0 Å². The quantitative estimate of drug-likeness (QED) is 0.743. The molecule has 0 heterocycles. The van der Waals surface area contributed by atoms with Crippen LogP contribution in [0.5, 0.6) is 0 Å². The third-order valence-corrected chi connectivity index (χ3v) is 4.75. The summed E-state index contributed by atoms with van der Waals surface area (Å²) in [5, 5.41) is 0. The van der Waals surface area contributed by atoms with Crippen molar-refractivity contribution in [2.24, 2.45) is 0 Å². The fourth-order valence-corrected chi connectivity index (χ4v) is 3.25. The zero-order valence-corrected chi connectivity index (χ0v) is 12.9. The standard InChI is InChI=1S/C18H17BrO/c19-17-8-4-3-7-15(17)12-18(20)16-10-9-13-5-1-2-6-14(13)11-16/h3-4,7-11H,1-2,5-6,12H2. The predicted octanol–water partition coefficient (Wildman–Crippen LogP) is 4.75. The molecule has 2 aromatic carbocycles. The molecular formula is C18H17BrO. The number of hydrogen-bond acceptors (Lipinski definition) is 1. The highest BCUT2D eigenvalue weighted by atomic mass is 79.9. The van der Waals surface area contributed by atoms with Gasteiger partial charge in [-0.2, -0.15) is 0 Å². The maximum atomic E-state index is 12.4. The van der Waals surface area contributed by atoms with Crippen molar-refractivity contribution in [2.45, 2.75) is 32.1 Å². The van der Waals surface area contributed by atoms with E-state index in [1.807, 2.05) is 30.3 Å². The number of benzene rings is 2. The van der Waals surface area contributed by atoms with Gasteiger partial charge in [-0.15, -0.1) is 0 Å². The number of rotatable bonds is 3. The molecule has 0 N–H and O–H groups in total. The van der Waals surface area contributed by atoms with Gasteiger partial charge in [-0.05, 0) is 54.5 Å². The number of Topliss-reactive ketones (excluding diaryl/α,β-unsaturated/α-hetero) is 1. The lowest BCUT2D eigenvalue weighted by Gasteiger charge is -2.16. The number of aryl methyl sites for hydroxylation is 2. The van der Waals surface area contributed by atoms with Gasteiger partial charge in [0, 0.05) is 16.5 Å². The van der Waals surface area contributed by atoms with E-state index < -0.39 is 0 Å². The summed E-state index contributed by atoms with van der Waals surface area (Å²) >= 11 is 3.51. The molecule has 2 aromatic rings. The lowest BCUT2D eigenvalue weighted by molar-refractivity contribution is 0.0992. The molecule has 1 nitrogen and oxygen atoms in total. The van der Waals surface area contributed by atoms with E-state index in [0.29, 0.717) is 6.42 Å². The minimum absolute atomic E-state index is 0.199. The Bertz CT molecular complexity index is 646. The summed E-state index contributed by atoms with van der Waals surface area (Å²) in [5.41, 5.74) is 4.69. The monoisotopic (exact) mass is 328 g/mol. The van der Waals surface area contributed by atoms with Crippen LogP contribution in [-0.2, 0) is 19.3 Å². The number of carbonyl (C=O) groups is 1. The Morgan fingerprint density at radius 3 is 2.55 bits per heavy atom. The number of hydrogen-bond donors (Lipinski definition) is 0. The second-order valence-corrected chi connectivity index (χ2v) is 6.24. The van der Waals surface area contributed by atoms with Crippen molar-refractivity contribution in [2.75, 3.05) is 0 Å². The zero-order chi connectivity index (χ0) is 13.9. The molecule has 0 bridgehead atoms. The van der Waals surface area contributed by atoms with Crippen molar-refractivity contribution in [1.82, 2.24) is 0 Å². The van der Waals surface area contributed by atoms with Crippen molar-refractivity contribution in [3.05, 3.63) is 69.2 Å². The van der Waals surface area contributed by atoms with Crippen molar-refractivity contribution >= 4 is 21.7 Å². The molecule has 20 heavy (non-hydrogen) atoms. The summed E-state index contributed by atoms with van der Waals surface area (Å²) in [6, 6.07) is 14.2. The number of carbonyl (C=O) groups excluding carboxylic acids is 1. The molecule has 0 amide bonds. The van der Waals surface area contributed by atoms with E-state index in [1.54, 1.807) is 0 Å². The summed E-state index contributed by atoms with van der Waals surface area (Å²) in [5.74, 6) is 0.199. The van der Waals surface area contributed by atoms with Gasteiger partial charge in [0.1, 0.15) is 0 Å². The van der Waals surface area contributed by atoms with Gasteiger partial charge in [0.2, 0.25) is 0 Å². The van der Waals surface area contributed by atoms with E-state index in [0.717, 1.165) is 28.4 Å². The Labute approximate surface area is 128 Å². The average molecular weight is 329 g/mol. The predicted molar refractivity (Wildman–Crippen MR) is 85.3 cm³/mol. The smallest absolute Gasteiger partial charge is 0.167 e. The average Bonchev–Trinajstić information content (AvgIpc) is 2.49. The number of halogens is 1. The molecule has 1 aliphatic rings. The highest BCUT2D eigenvalue weighted by Gasteiger charge is 2.14. The Kier molecular flexibility index (Phi) is 4.02. The third kappa shape index (κ3) is 2.85. The molecule has 0 aliphatic heterocycles. The van der Waals surface area contributed by atoms with Crippen molar-refractivity contribution in [3.63, 3.8) is 0 Å². The molecule has 0 radical (unpaired) electrons. The van der Waals surface area contributed by atoms with Crippen LogP contribution in [0.15, 0.2) is 46.9 Å².